The summed E-state index contributed by atoms with van der Waals surface area (Å²) in [7, 11) is 0. The predicted octanol–water partition coefficient (Wildman–Crippen LogP) is 3.18. The van der Waals surface area contributed by atoms with Crippen molar-refractivity contribution in [3.8, 4) is 11.5 Å². The van der Waals surface area contributed by atoms with Gasteiger partial charge < -0.3 is 9.32 Å². The van der Waals surface area contributed by atoms with Gasteiger partial charge in [-0.05, 0) is 44.4 Å². The van der Waals surface area contributed by atoms with Crippen LogP contribution in [0.3, 0.4) is 0 Å². The van der Waals surface area contributed by atoms with Gasteiger partial charge in [0.25, 0.3) is 0 Å². The molecule has 5 nitrogen and oxygen atoms in total. The Balaban J connectivity index is 1.37. The molecule has 1 atom stereocenters. The van der Waals surface area contributed by atoms with Crippen LogP contribution in [0, 0.1) is 5.92 Å². The summed E-state index contributed by atoms with van der Waals surface area (Å²) in [4.78, 5) is 21.7. The van der Waals surface area contributed by atoms with Crippen molar-refractivity contribution in [2.24, 2.45) is 5.92 Å². The third-order valence-electron chi connectivity index (χ3n) is 5.23. The highest BCUT2D eigenvalue weighted by molar-refractivity contribution is 5.79. The Morgan fingerprint density at radius 3 is 2.72 bits per heavy atom. The molecule has 1 aromatic heterocycles. The molecule has 1 aromatic carbocycles. The first-order valence-corrected chi connectivity index (χ1v) is 9.30. The molecule has 0 saturated carbocycles. The lowest BCUT2D eigenvalue weighted by molar-refractivity contribution is -0.136. The zero-order valence-corrected chi connectivity index (χ0v) is 14.6. The van der Waals surface area contributed by atoms with E-state index in [1.807, 2.05) is 30.3 Å². The fourth-order valence-electron chi connectivity index (χ4n) is 3.92. The minimum Gasteiger partial charge on any atom is -0.444 e. The largest absolute Gasteiger partial charge is 0.444 e. The molecule has 2 fully saturated rings. The average molecular weight is 339 g/mol. The SMILES string of the molecule is O=C([C@H]1CCCN(Cc2coc(-c3ccccc3)n2)C1)N1CCCC1. The second-order valence-corrected chi connectivity index (χ2v) is 7.12. The first-order valence-electron chi connectivity index (χ1n) is 9.30. The number of amides is 1. The van der Waals surface area contributed by atoms with E-state index < -0.39 is 0 Å². The maximum Gasteiger partial charge on any atom is 0.226 e. The summed E-state index contributed by atoms with van der Waals surface area (Å²) < 4.78 is 5.63. The van der Waals surface area contributed by atoms with Crippen LogP contribution < -0.4 is 0 Å². The molecule has 25 heavy (non-hydrogen) atoms. The molecule has 3 heterocycles. The van der Waals surface area contributed by atoms with Crippen LogP contribution in [0.4, 0.5) is 0 Å². The molecule has 5 heteroatoms. The van der Waals surface area contributed by atoms with E-state index in [4.69, 9.17) is 4.42 Å². The van der Waals surface area contributed by atoms with E-state index in [-0.39, 0.29) is 5.92 Å². The first-order chi connectivity index (χ1) is 12.3. The van der Waals surface area contributed by atoms with Crippen molar-refractivity contribution in [3.63, 3.8) is 0 Å². The molecule has 1 amide bonds. The van der Waals surface area contributed by atoms with Crippen molar-refractivity contribution in [1.29, 1.82) is 0 Å². The number of aromatic nitrogens is 1. The summed E-state index contributed by atoms with van der Waals surface area (Å²) in [6.07, 6.45) is 6.15. The summed E-state index contributed by atoms with van der Waals surface area (Å²) in [5.41, 5.74) is 1.93. The Bertz CT molecular complexity index is 707. The van der Waals surface area contributed by atoms with Crippen LogP contribution in [0.2, 0.25) is 0 Å². The maximum absolute atomic E-state index is 12.7. The van der Waals surface area contributed by atoms with Crippen molar-refractivity contribution in [3.05, 3.63) is 42.3 Å². The Morgan fingerprint density at radius 1 is 1.12 bits per heavy atom. The van der Waals surface area contributed by atoms with Crippen LogP contribution in [0.5, 0.6) is 0 Å². The van der Waals surface area contributed by atoms with Gasteiger partial charge in [-0.2, -0.15) is 0 Å². The molecule has 0 spiro atoms. The minimum absolute atomic E-state index is 0.146. The monoisotopic (exact) mass is 339 g/mol. The van der Waals surface area contributed by atoms with Crippen molar-refractivity contribution in [2.45, 2.75) is 32.2 Å². The number of rotatable bonds is 4. The van der Waals surface area contributed by atoms with E-state index in [0.29, 0.717) is 11.8 Å². The topological polar surface area (TPSA) is 49.6 Å². The van der Waals surface area contributed by atoms with E-state index in [1.54, 1.807) is 6.26 Å². The molecule has 4 rings (SSSR count). The molecular formula is C20H25N3O2. The van der Waals surface area contributed by atoms with E-state index in [2.05, 4.69) is 14.8 Å². The lowest BCUT2D eigenvalue weighted by Crippen LogP contribution is -2.43. The minimum atomic E-state index is 0.146. The van der Waals surface area contributed by atoms with Crippen LogP contribution in [0.15, 0.2) is 41.0 Å². The summed E-state index contributed by atoms with van der Waals surface area (Å²) >= 11 is 0. The lowest BCUT2D eigenvalue weighted by Gasteiger charge is -2.33. The maximum atomic E-state index is 12.7. The number of benzene rings is 1. The van der Waals surface area contributed by atoms with E-state index in [9.17, 15) is 4.79 Å². The van der Waals surface area contributed by atoms with Gasteiger partial charge in [-0.3, -0.25) is 9.69 Å². The van der Waals surface area contributed by atoms with Crippen LogP contribution >= 0.6 is 0 Å². The van der Waals surface area contributed by atoms with Gasteiger partial charge in [-0.25, -0.2) is 4.98 Å². The number of hydrogen-bond acceptors (Lipinski definition) is 4. The fourth-order valence-corrected chi connectivity index (χ4v) is 3.92. The average Bonchev–Trinajstić information content (AvgIpc) is 3.34. The van der Waals surface area contributed by atoms with E-state index in [1.165, 1.54) is 0 Å². The van der Waals surface area contributed by atoms with Gasteiger partial charge in [-0.15, -0.1) is 0 Å². The molecule has 2 aliphatic heterocycles. The normalized spacial score (nSPS) is 21.6. The fraction of sp³-hybridized carbons (Fsp3) is 0.500. The summed E-state index contributed by atoms with van der Waals surface area (Å²) in [6, 6.07) is 9.96. The lowest BCUT2D eigenvalue weighted by atomic mass is 9.96. The number of carbonyl (C=O) groups is 1. The highest BCUT2D eigenvalue weighted by atomic mass is 16.3. The van der Waals surface area contributed by atoms with Crippen molar-refractivity contribution in [2.75, 3.05) is 26.2 Å². The molecular weight excluding hydrogens is 314 g/mol. The highest BCUT2D eigenvalue weighted by Gasteiger charge is 2.30. The third kappa shape index (κ3) is 3.76. The Kier molecular flexibility index (Phi) is 4.83. The predicted molar refractivity (Wildman–Crippen MR) is 95.8 cm³/mol. The number of piperidine rings is 1. The number of hydrogen-bond donors (Lipinski definition) is 0. The molecule has 0 radical (unpaired) electrons. The third-order valence-corrected chi connectivity index (χ3v) is 5.23. The number of oxazole rings is 1. The van der Waals surface area contributed by atoms with E-state index >= 15 is 0 Å². The highest BCUT2D eigenvalue weighted by Crippen LogP contribution is 2.24. The molecule has 2 saturated heterocycles. The number of nitrogens with zero attached hydrogens (tertiary/aromatic N) is 3. The Labute approximate surface area is 148 Å². The van der Waals surface area contributed by atoms with Gasteiger partial charge in [0.15, 0.2) is 0 Å². The summed E-state index contributed by atoms with van der Waals surface area (Å²) in [5.74, 6) is 1.16. The van der Waals surface area contributed by atoms with Gasteiger partial charge in [0.05, 0.1) is 11.6 Å². The van der Waals surface area contributed by atoms with Gasteiger partial charge in [0, 0.05) is 31.7 Å². The molecule has 0 bridgehead atoms. The summed E-state index contributed by atoms with van der Waals surface area (Å²) in [5, 5.41) is 0. The second kappa shape index (κ2) is 7.40. The first kappa shape index (κ1) is 16.3. The second-order valence-electron chi connectivity index (χ2n) is 7.12. The van der Waals surface area contributed by atoms with Gasteiger partial charge in [0.2, 0.25) is 11.8 Å². The van der Waals surface area contributed by atoms with Crippen LogP contribution in [0.1, 0.15) is 31.4 Å². The standard InChI is InChI=1S/C20H25N3O2/c24-20(23-11-4-5-12-23)17-9-6-10-22(13-17)14-18-15-25-19(21-18)16-7-2-1-3-8-16/h1-3,7-8,15,17H,4-6,9-14H2/t17-/m0/s1. The van der Waals surface area contributed by atoms with Crippen LogP contribution in [-0.2, 0) is 11.3 Å². The van der Waals surface area contributed by atoms with Crippen molar-refractivity contribution in [1.82, 2.24) is 14.8 Å². The Morgan fingerprint density at radius 2 is 1.92 bits per heavy atom. The zero-order valence-electron chi connectivity index (χ0n) is 14.6. The van der Waals surface area contributed by atoms with Gasteiger partial charge >= 0.3 is 0 Å². The van der Waals surface area contributed by atoms with Crippen LogP contribution in [0.25, 0.3) is 11.5 Å². The molecule has 2 aliphatic rings. The molecule has 2 aromatic rings. The summed E-state index contributed by atoms with van der Waals surface area (Å²) in [6.45, 7) is 4.50. The van der Waals surface area contributed by atoms with E-state index in [0.717, 1.165) is 69.7 Å². The quantitative estimate of drug-likeness (QED) is 0.858. The molecule has 132 valence electrons. The van der Waals surface area contributed by atoms with Crippen molar-refractivity contribution < 1.29 is 9.21 Å². The van der Waals surface area contributed by atoms with Crippen molar-refractivity contribution >= 4 is 5.91 Å². The number of carbonyl (C=O) groups excluding carboxylic acids is 1. The zero-order chi connectivity index (χ0) is 17.1. The Hall–Kier alpha value is -2.14. The van der Waals surface area contributed by atoms with Gasteiger partial charge in [0.1, 0.15) is 6.26 Å². The molecule has 0 aliphatic carbocycles. The smallest absolute Gasteiger partial charge is 0.226 e. The molecule has 0 unspecified atom stereocenters. The molecule has 0 N–H and O–H groups in total. The van der Waals surface area contributed by atoms with Gasteiger partial charge in [-0.1, -0.05) is 18.2 Å². The number of likely N-dealkylation sites (tertiary alicyclic amines) is 2. The van der Waals surface area contributed by atoms with Crippen LogP contribution in [-0.4, -0.2) is 46.9 Å².